The molecule has 9 heteroatoms. The molecule has 152 valence electrons. The van der Waals surface area contributed by atoms with Crippen molar-refractivity contribution in [3.63, 3.8) is 0 Å². The Morgan fingerprint density at radius 3 is 2.83 bits per heavy atom. The number of pyridine rings is 1. The third-order valence-electron chi connectivity index (χ3n) is 5.01. The zero-order valence-electron chi connectivity index (χ0n) is 16.3. The molecule has 8 nitrogen and oxygen atoms in total. The van der Waals surface area contributed by atoms with Crippen LogP contribution >= 0.6 is 11.6 Å². The molecule has 0 aliphatic carbocycles. The number of fused-ring (bicyclic) bond motifs is 2. The standard InChI is InChI=1S/C21H19ClN6O2/c1-29-15-6-4-14(5-7-15)12-27-13-16(30-17-3-2-10-23-21(17)27)11-20-25-24-19-9-8-18(22)26-28(19)20/h2-10,16H,11-13H2,1H3. The molecule has 5 rings (SSSR count). The van der Waals surface area contributed by atoms with E-state index in [1.807, 2.05) is 24.3 Å². The quantitative estimate of drug-likeness (QED) is 0.488. The van der Waals surface area contributed by atoms with E-state index in [4.69, 9.17) is 21.1 Å². The van der Waals surface area contributed by atoms with E-state index in [1.165, 1.54) is 0 Å². The molecule has 1 aromatic carbocycles. The summed E-state index contributed by atoms with van der Waals surface area (Å²) < 4.78 is 13.1. The SMILES string of the molecule is COc1ccc(CN2CC(Cc3nnc4ccc(Cl)nn34)Oc3cccnc32)cc1. The Morgan fingerprint density at radius 2 is 2.00 bits per heavy atom. The van der Waals surface area contributed by atoms with Gasteiger partial charge in [0.05, 0.1) is 13.7 Å². The topological polar surface area (TPSA) is 77.7 Å². The summed E-state index contributed by atoms with van der Waals surface area (Å²) in [6.07, 6.45) is 2.19. The van der Waals surface area contributed by atoms with Crippen molar-refractivity contribution in [1.29, 1.82) is 0 Å². The fraction of sp³-hybridized carbons (Fsp3) is 0.238. The second kappa shape index (κ2) is 7.79. The molecule has 1 unspecified atom stereocenters. The van der Waals surface area contributed by atoms with Crippen molar-refractivity contribution in [3.8, 4) is 11.5 Å². The molecule has 0 saturated heterocycles. The highest BCUT2D eigenvalue weighted by Gasteiger charge is 2.28. The Bertz CT molecular complexity index is 1180. The van der Waals surface area contributed by atoms with Gasteiger partial charge in [-0.1, -0.05) is 23.7 Å². The number of benzene rings is 1. The first kappa shape index (κ1) is 18.6. The maximum atomic E-state index is 6.22. The lowest BCUT2D eigenvalue weighted by atomic mass is 10.1. The van der Waals surface area contributed by atoms with Gasteiger partial charge < -0.3 is 14.4 Å². The summed E-state index contributed by atoms with van der Waals surface area (Å²) in [5, 5.41) is 13.2. The van der Waals surface area contributed by atoms with Crippen LogP contribution in [0, 0.1) is 0 Å². The van der Waals surface area contributed by atoms with Crippen LogP contribution in [0.15, 0.2) is 54.7 Å². The van der Waals surface area contributed by atoms with Gasteiger partial charge >= 0.3 is 0 Å². The highest BCUT2D eigenvalue weighted by molar-refractivity contribution is 6.29. The minimum Gasteiger partial charge on any atom is -0.497 e. The Hall–Kier alpha value is -3.39. The molecule has 0 N–H and O–H groups in total. The fourth-order valence-corrected chi connectivity index (χ4v) is 3.74. The monoisotopic (exact) mass is 422 g/mol. The number of halogens is 1. The van der Waals surface area contributed by atoms with E-state index < -0.39 is 0 Å². The van der Waals surface area contributed by atoms with Gasteiger partial charge in [0.15, 0.2) is 23.0 Å². The first-order chi connectivity index (χ1) is 14.7. The second-order valence-corrected chi connectivity index (χ2v) is 7.43. The Balaban J connectivity index is 1.41. The average molecular weight is 423 g/mol. The van der Waals surface area contributed by atoms with Crippen molar-refractivity contribution in [3.05, 3.63) is 71.3 Å². The number of methoxy groups -OCH3 is 1. The van der Waals surface area contributed by atoms with Crippen LogP contribution in [-0.4, -0.2) is 44.6 Å². The summed E-state index contributed by atoms with van der Waals surface area (Å²) in [5.74, 6) is 3.12. The third-order valence-corrected chi connectivity index (χ3v) is 5.21. The molecule has 0 bridgehead atoms. The number of aromatic nitrogens is 5. The zero-order valence-corrected chi connectivity index (χ0v) is 17.0. The smallest absolute Gasteiger partial charge is 0.178 e. The molecule has 0 fully saturated rings. The molecule has 0 radical (unpaired) electrons. The van der Waals surface area contributed by atoms with Crippen molar-refractivity contribution in [1.82, 2.24) is 24.8 Å². The van der Waals surface area contributed by atoms with E-state index >= 15 is 0 Å². The van der Waals surface area contributed by atoms with Crippen molar-refractivity contribution >= 4 is 23.1 Å². The van der Waals surface area contributed by atoms with Gasteiger partial charge in [0, 0.05) is 19.2 Å². The van der Waals surface area contributed by atoms with Crippen LogP contribution in [0.3, 0.4) is 0 Å². The van der Waals surface area contributed by atoms with Crippen LogP contribution in [0.25, 0.3) is 5.65 Å². The summed E-state index contributed by atoms with van der Waals surface area (Å²) >= 11 is 6.05. The maximum Gasteiger partial charge on any atom is 0.178 e. The number of ether oxygens (including phenoxy) is 2. The number of nitrogens with zero attached hydrogens (tertiary/aromatic N) is 6. The summed E-state index contributed by atoms with van der Waals surface area (Å²) in [7, 11) is 1.66. The van der Waals surface area contributed by atoms with Crippen LogP contribution in [0.4, 0.5) is 5.82 Å². The minimum absolute atomic E-state index is 0.131. The molecule has 30 heavy (non-hydrogen) atoms. The van der Waals surface area contributed by atoms with E-state index in [9.17, 15) is 0 Å². The predicted molar refractivity (Wildman–Crippen MR) is 112 cm³/mol. The number of hydrogen-bond acceptors (Lipinski definition) is 7. The molecule has 1 atom stereocenters. The first-order valence-electron chi connectivity index (χ1n) is 9.56. The van der Waals surface area contributed by atoms with E-state index in [-0.39, 0.29) is 6.10 Å². The lowest BCUT2D eigenvalue weighted by Crippen LogP contribution is -2.41. The molecular formula is C21H19ClN6O2. The Morgan fingerprint density at radius 1 is 1.13 bits per heavy atom. The van der Waals surface area contributed by atoms with Crippen LogP contribution in [-0.2, 0) is 13.0 Å². The lowest BCUT2D eigenvalue weighted by molar-refractivity contribution is 0.188. The average Bonchev–Trinajstić information content (AvgIpc) is 3.16. The van der Waals surface area contributed by atoms with Crippen LogP contribution in [0.5, 0.6) is 11.5 Å². The van der Waals surface area contributed by atoms with Crippen molar-refractivity contribution in [2.75, 3.05) is 18.6 Å². The molecule has 0 amide bonds. The molecule has 4 heterocycles. The highest BCUT2D eigenvalue weighted by atomic mass is 35.5. The molecule has 4 aromatic rings. The Kier molecular flexibility index (Phi) is 4.84. The zero-order chi connectivity index (χ0) is 20.5. The lowest BCUT2D eigenvalue weighted by Gasteiger charge is -2.35. The molecule has 0 spiro atoms. The van der Waals surface area contributed by atoms with Crippen molar-refractivity contribution < 1.29 is 9.47 Å². The first-order valence-corrected chi connectivity index (χ1v) is 9.94. The largest absolute Gasteiger partial charge is 0.497 e. The molecular weight excluding hydrogens is 404 g/mol. The van der Waals surface area contributed by atoms with Crippen LogP contribution in [0.2, 0.25) is 5.15 Å². The van der Waals surface area contributed by atoms with Crippen LogP contribution < -0.4 is 14.4 Å². The van der Waals surface area contributed by atoms with Crippen molar-refractivity contribution in [2.45, 2.75) is 19.1 Å². The minimum atomic E-state index is -0.131. The summed E-state index contributed by atoms with van der Waals surface area (Å²) in [6, 6.07) is 15.4. The van der Waals surface area contributed by atoms with Gasteiger partial charge in [-0.2, -0.15) is 9.61 Å². The summed E-state index contributed by atoms with van der Waals surface area (Å²) in [5.41, 5.74) is 1.82. The van der Waals surface area contributed by atoms with Crippen molar-refractivity contribution in [2.24, 2.45) is 0 Å². The van der Waals surface area contributed by atoms with Gasteiger partial charge in [-0.15, -0.1) is 10.2 Å². The van der Waals surface area contributed by atoms with E-state index in [0.717, 1.165) is 22.9 Å². The van der Waals surface area contributed by atoms with E-state index in [0.29, 0.717) is 36.1 Å². The molecule has 1 aliphatic heterocycles. The molecule has 3 aromatic heterocycles. The van der Waals surface area contributed by atoms with E-state index in [2.05, 4.69) is 37.3 Å². The predicted octanol–water partition coefficient (Wildman–Crippen LogP) is 3.19. The van der Waals surface area contributed by atoms with Gasteiger partial charge in [-0.3, -0.25) is 0 Å². The Labute approximate surface area is 178 Å². The number of anilines is 1. The second-order valence-electron chi connectivity index (χ2n) is 7.04. The van der Waals surface area contributed by atoms with Crippen LogP contribution in [0.1, 0.15) is 11.4 Å². The highest BCUT2D eigenvalue weighted by Crippen LogP contribution is 2.33. The number of rotatable bonds is 5. The van der Waals surface area contributed by atoms with E-state index in [1.54, 1.807) is 30.0 Å². The number of hydrogen-bond donors (Lipinski definition) is 0. The van der Waals surface area contributed by atoms with Gasteiger partial charge in [0.25, 0.3) is 0 Å². The maximum absolute atomic E-state index is 6.22. The third kappa shape index (κ3) is 3.61. The van der Waals surface area contributed by atoms with Gasteiger partial charge in [-0.25, -0.2) is 4.98 Å². The summed E-state index contributed by atoms with van der Waals surface area (Å²) in [4.78, 5) is 6.75. The normalized spacial score (nSPS) is 15.7. The summed E-state index contributed by atoms with van der Waals surface area (Å²) in [6.45, 7) is 1.37. The van der Waals surface area contributed by atoms with Gasteiger partial charge in [-0.05, 0) is 42.0 Å². The van der Waals surface area contributed by atoms with Gasteiger partial charge in [0.2, 0.25) is 0 Å². The molecule has 0 saturated carbocycles. The molecule has 1 aliphatic rings. The fourth-order valence-electron chi connectivity index (χ4n) is 3.60. The van der Waals surface area contributed by atoms with Gasteiger partial charge in [0.1, 0.15) is 17.0 Å².